The number of alkyl halides is 3. The Hall–Kier alpha value is -4.57. The van der Waals surface area contributed by atoms with Gasteiger partial charge in [0.05, 0.1) is 23.6 Å². The number of pyridine rings is 1. The Labute approximate surface area is 298 Å². The van der Waals surface area contributed by atoms with Gasteiger partial charge in [-0.1, -0.05) is 19.8 Å². The number of aryl methyl sites for hydroxylation is 2. The first-order chi connectivity index (χ1) is 24.3. The molecule has 0 unspecified atom stereocenters. The highest BCUT2D eigenvalue weighted by molar-refractivity contribution is 5.82. The number of aliphatic carboxylic acids is 1. The Kier molecular flexibility index (Phi) is 11.0. The van der Waals surface area contributed by atoms with Gasteiger partial charge in [0.15, 0.2) is 0 Å². The molecule has 0 bridgehead atoms. The monoisotopic (exact) mass is 729 g/mol. The number of likely N-dealkylation sites (tertiary alicyclic amines) is 1. The summed E-state index contributed by atoms with van der Waals surface area (Å²) in [6, 6.07) is 0.415. The molecule has 1 aliphatic heterocycles. The molecule has 2 aromatic carbocycles. The average molecular weight is 730 g/mol. The van der Waals surface area contributed by atoms with E-state index in [1.807, 2.05) is 0 Å². The molecule has 5 rings (SSSR count). The summed E-state index contributed by atoms with van der Waals surface area (Å²) >= 11 is 0. The Morgan fingerprint density at radius 3 is 2.23 bits per heavy atom. The molecule has 52 heavy (non-hydrogen) atoms. The normalized spacial score (nSPS) is 16.6. The van der Waals surface area contributed by atoms with E-state index in [0.717, 1.165) is 61.3 Å². The van der Waals surface area contributed by atoms with E-state index in [4.69, 9.17) is 6.42 Å². The van der Waals surface area contributed by atoms with Crippen molar-refractivity contribution >= 4 is 11.9 Å². The number of nitrogens with one attached hydrogen (secondary N) is 1. The van der Waals surface area contributed by atoms with Crippen LogP contribution in [-0.4, -0.2) is 46.1 Å². The van der Waals surface area contributed by atoms with Crippen LogP contribution in [0.1, 0.15) is 91.4 Å². The highest BCUT2D eigenvalue weighted by Gasteiger charge is 2.47. The summed E-state index contributed by atoms with van der Waals surface area (Å²) in [6.45, 7) is 8.27. The quantitative estimate of drug-likeness (QED) is 0.149. The van der Waals surface area contributed by atoms with Crippen LogP contribution in [0.15, 0.2) is 35.3 Å². The van der Waals surface area contributed by atoms with Gasteiger partial charge in [-0.15, -0.1) is 6.42 Å². The van der Waals surface area contributed by atoms with E-state index in [1.165, 1.54) is 13.8 Å². The first kappa shape index (κ1) is 38.7. The fourth-order valence-corrected chi connectivity index (χ4v) is 7.43. The number of halogens is 6. The first-order valence-electron chi connectivity index (χ1n) is 17.2. The second-order valence-electron chi connectivity index (χ2n) is 14.6. The smallest absolute Gasteiger partial charge is 0.416 e. The minimum atomic E-state index is -4.85. The summed E-state index contributed by atoms with van der Waals surface area (Å²) in [7, 11) is 0. The van der Waals surface area contributed by atoms with Gasteiger partial charge in [-0.25, -0.2) is 13.2 Å². The third-order valence-corrected chi connectivity index (χ3v) is 10.2. The van der Waals surface area contributed by atoms with Crippen molar-refractivity contribution in [2.75, 3.05) is 19.6 Å². The fraction of sp³-hybridized carbons (Fsp3) is 0.462. The fourth-order valence-electron chi connectivity index (χ4n) is 7.43. The second-order valence-corrected chi connectivity index (χ2v) is 14.6. The van der Waals surface area contributed by atoms with Crippen LogP contribution in [0, 0.1) is 55.0 Å². The maximum atomic E-state index is 16.5. The highest BCUT2D eigenvalue weighted by Crippen LogP contribution is 2.52. The molecule has 2 atom stereocenters. The van der Waals surface area contributed by atoms with Gasteiger partial charge < -0.3 is 19.9 Å². The number of hydrogen-bond acceptors (Lipinski definition) is 4. The lowest BCUT2D eigenvalue weighted by atomic mass is 9.89. The Balaban J connectivity index is 1.56. The molecule has 7 nitrogen and oxygen atoms in total. The van der Waals surface area contributed by atoms with Crippen molar-refractivity contribution in [3.63, 3.8) is 0 Å². The number of aromatic nitrogens is 1. The van der Waals surface area contributed by atoms with Gasteiger partial charge in [-0.2, -0.15) is 13.2 Å². The van der Waals surface area contributed by atoms with Crippen LogP contribution >= 0.6 is 0 Å². The third-order valence-electron chi connectivity index (χ3n) is 10.2. The molecule has 0 radical (unpaired) electrons. The molecule has 1 spiro atoms. The van der Waals surface area contributed by atoms with E-state index >= 15 is 8.78 Å². The molecule has 1 saturated heterocycles. The molecule has 2 fully saturated rings. The van der Waals surface area contributed by atoms with E-state index in [0.29, 0.717) is 12.6 Å². The number of terminal acetylenes is 1. The molecule has 1 aromatic heterocycles. The van der Waals surface area contributed by atoms with Gasteiger partial charge in [-0.05, 0) is 104 Å². The van der Waals surface area contributed by atoms with Crippen molar-refractivity contribution in [2.45, 2.75) is 84.5 Å². The summed E-state index contributed by atoms with van der Waals surface area (Å²) < 4.78 is 90.1. The van der Waals surface area contributed by atoms with Crippen molar-refractivity contribution in [3.05, 3.63) is 91.6 Å². The number of rotatable bonds is 12. The summed E-state index contributed by atoms with van der Waals surface area (Å²) in [5, 5.41) is 12.2. The van der Waals surface area contributed by atoms with E-state index in [1.54, 1.807) is 13.8 Å². The van der Waals surface area contributed by atoms with Crippen LogP contribution in [0.2, 0.25) is 0 Å². The van der Waals surface area contributed by atoms with Crippen LogP contribution in [0.25, 0.3) is 11.1 Å². The van der Waals surface area contributed by atoms with Gasteiger partial charge in [0.25, 0.3) is 5.56 Å². The van der Waals surface area contributed by atoms with Gasteiger partial charge in [-0.3, -0.25) is 14.4 Å². The number of carbonyl (C=O) groups is 2. The Morgan fingerprint density at radius 2 is 1.69 bits per heavy atom. The van der Waals surface area contributed by atoms with Gasteiger partial charge >= 0.3 is 12.1 Å². The lowest BCUT2D eigenvalue weighted by molar-refractivity contribution is -0.139. The van der Waals surface area contributed by atoms with Crippen molar-refractivity contribution in [2.24, 2.45) is 11.3 Å². The predicted molar refractivity (Wildman–Crippen MR) is 183 cm³/mol. The molecule has 1 aliphatic carbocycles. The van der Waals surface area contributed by atoms with E-state index in [-0.39, 0.29) is 52.0 Å². The van der Waals surface area contributed by atoms with Gasteiger partial charge in [0, 0.05) is 36.5 Å². The van der Waals surface area contributed by atoms with Crippen LogP contribution in [0.4, 0.5) is 26.3 Å². The van der Waals surface area contributed by atoms with Gasteiger partial charge in [0.1, 0.15) is 23.5 Å². The SMILES string of the molecule is C#Cc1cc(-c2c(C)cc(F)cc2C)c(F)c([C@H](CC(=O)O)NC(=O)[C@@H](CC(C)C)n2cc(CCN3CCC4(CC4)C3)c(C(F)(F)F)cc2=O)c1F. The number of carboxylic acids is 1. The molecular weight excluding hydrogens is 688 g/mol. The molecule has 13 heteroatoms. The minimum Gasteiger partial charge on any atom is -0.481 e. The zero-order valence-electron chi connectivity index (χ0n) is 29.4. The molecule has 2 heterocycles. The van der Waals surface area contributed by atoms with E-state index in [2.05, 4.69) is 16.1 Å². The molecule has 3 aromatic rings. The Bertz CT molecular complexity index is 1970. The number of hydrogen-bond donors (Lipinski definition) is 2. The second kappa shape index (κ2) is 14.8. The average Bonchev–Trinajstić information content (AvgIpc) is 3.67. The first-order valence-corrected chi connectivity index (χ1v) is 17.2. The largest absolute Gasteiger partial charge is 0.481 e. The van der Waals surface area contributed by atoms with E-state index < -0.39 is 76.3 Å². The number of nitrogens with zero attached hydrogens (tertiary/aromatic N) is 2. The molecule has 2 N–H and O–H groups in total. The van der Waals surface area contributed by atoms with Crippen LogP contribution < -0.4 is 10.9 Å². The Morgan fingerprint density at radius 1 is 1.04 bits per heavy atom. The number of carboxylic acid groups (broad SMARTS) is 1. The lowest BCUT2D eigenvalue weighted by Gasteiger charge is -2.27. The number of carbonyl (C=O) groups excluding carboxylic acids is 1. The standard InChI is InChI=1S/C39H41F6N3O4/c1-6-24-16-27(33-22(4)14-26(40)15-23(33)5)36(42)34(35(24)41)29(18-32(50)51)46-37(52)30(13-21(2)3)48-19-25(28(17-31(48)49)39(43,44)45)7-11-47-12-10-38(20-47)8-9-38/h1,14-17,19,21,29-30H,7-13,18,20H2,2-5H3,(H,46,52)(H,50,51)/t29-,30+/m0/s1. The van der Waals surface area contributed by atoms with Crippen LogP contribution in [0.5, 0.6) is 0 Å². The third kappa shape index (κ3) is 8.22. The maximum absolute atomic E-state index is 16.5. The predicted octanol–water partition coefficient (Wildman–Crippen LogP) is 7.50. The number of amides is 1. The molecule has 1 saturated carbocycles. The summed E-state index contributed by atoms with van der Waals surface area (Å²) in [4.78, 5) is 41.6. The maximum Gasteiger partial charge on any atom is 0.416 e. The van der Waals surface area contributed by atoms with Gasteiger partial charge in [0.2, 0.25) is 5.91 Å². The summed E-state index contributed by atoms with van der Waals surface area (Å²) in [5.41, 5.74) is -3.02. The molecule has 2 aliphatic rings. The zero-order chi connectivity index (χ0) is 38.3. The molecule has 1 amide bonds. The van der Waals surface area contributed by atoms with E-state index in [9.17, 15) is 37.1 Å². The molecular formula is C39H41F6N3O4. The summed E-state index contributed by atoms with van der Waals surface area (Å²) in [6.07, 6.45) is 3.72. The van der Waals surface area contributed by atoms with Crippen LogP contribution in [0.3, 0.4) is 0 Å². The highest BCUT2D eigenvalue weighted by atomic mass is 19.4. The van der Waals surface area contributed by atoms with Crippen molar-refractivity contribution < 1.29 is 41.0 Å². The zero-order valence-corrected chi connectivity index (χ0v) is 29.4. The van der Waals surface area contributed by atoms with Crippen molar-refractivity contribution in [3.8, 4) is 23.5 Å². The topological polar surface area (TPSA) is 91.6 Å². The van der Waals surface area contributed by atoms with Crippen molar-refractivity contribution in [1.82, 2.24) is 14.8 Å². The van der Waals surface area contributed by atoms with Crippen LogP contribution in [-0.2, 0) is 22.2 Å². The molecule has 278 valence electrons. The van der Waals surface area contributed by atoms with Crippen molar-refractivity contribution in [1.29, 1.82) is 0 Å². The summed E-state index contributed by atoms with van der Waals surface area (Å²) in [5.74, 6) is -3.93. The number of benzene rings is 2. The minimum absolute atomic E-state index is 0.0524. The lowest BCUT2D eigenvalue weighted by Crippen LogP contribution is -2.41.